The van der Waals surface area contributed by atoms with Crippen molar-refractivity contribution < 1.29 is 9.59 Å². The Morgan fingerprint density at radius 1 is 1.10 bits per heavy atom. The Morgan fingerprint density at radius 3 is 2.67 bits per heavy atom. The second kappa shape index (κ2) is 8.02. The van der Waals surface area contributed by atoms with E-state index in [2.05, 4.69) is 10.6 Å². The summed E-state index contributed by atoms with van der Waals surface area (Å²) < 4.78 is 1.77. The highest BCUT2D eigenvalue weighted by Crippen LogP contribution is 2.30. The molecule has 0 spiro atoms. The zero-order chi connectivity index (χ0) is 21.4. The number of nitrogens with zero attached hydrogens (tertiary/aromatic N) is 2. The monoisotopic (exact) mass is 424 g/mol. The van der Waals surface area contributed by atoms with E-state index in [0.29, 0.717) is 38.6 Å². The molecule has 7 nitrogen and oxygen atoms in total. The van der Waals surface area contributed by atoms with Gasteiger partial charge in [0.1, 0.15) is 10.7 Å². The molecule has 2 aromatic heterocycles. The Balaban J connectivity index is 1.74. The first-order valence-electron chi connectivity index (χ1n) is 10.1. The van der Waals surface area contributed by atoms with Gasteiger partial charge in [-0.25, -0.2) is 4.98 Å². The van der Waals surface area contributed by atoms with Crippen molar-refractivity contribution in [1.29, 1.82) is 0 Å². The first kappa shape index (κ1) is 20.3. The van der Waals surface area contributed by atoms with Gasteiger partial charge in [0.25, 0.3) is 11.5 Å². The molecule has 1 aliphatic heterocycles. The number of aromatic nitrogens is 2. The number of carbonyl (C=O) groups excluding carboxylic acids is 2. The maximum Gasteiger partial charge on any atom is 0.266 e. The Labute approximate surface area is 178 Å². The molecule has 3 heterocycles. The zero-order valence-corrected chi connectivity index (χ0v) is 18.1. The number of nitrogens with one attached hydrogen (secondary N) is 2. The molecule has 1 aliphatic rings. The SMILES string of the molecule is CC(=O)Nc1ccc(C)cc1NC(=O)c1sc2nc3n(c(=O)c2c1C)CCCCC3. The number of hydrogen-bond donors (Lipinski definition) is 2. The quantitative estimate of drug-likeness (QED) is 0.664. The van der Waals surface area contributed by atoms with Crippen molar-refractivity contribution >= 4 is 44.7 Å². The van der Waals surface area contributed by atoms with Crippen molar-refractivity contribution in [2.24, 2.45) is 0 Å². The summed E-state index contributed by atoms with van der Waals surface area (Å²) in [7, 11) is 0. The minimum atomic E-state index is -0.313. The standard InChI is InChI=1S/C22H24N4O3S/c1-12-8-9-15(23-14(3)27)16(11-12)24-20(28)19-13(2)18-21(30-19)25-17-7-5-4-6-10-26(17)22(18)29/h8-9,11H,4-7,10H2,1-3H3,(H,23,27)(H,24,28). The molecule has 2 amide bonds. The van der Waals surface area contributed by atoms with E-state index in [9.17, 15) is 14.4 Å². The lowest BCUT2D eigenvalue weighted by Gasteiger charge is -2.12. The molecule has 0 atom stereocenters. The van der Waals surface area contributed by atoms with Gasteiger partial charge in [-0.2, -0.15) is 0 Å². The Morgan fingerprint density at radius 2 is 1.90 bits per heavy atom. The molecule has 0 saturated heterocycles. The number of aryl methyl sites for hydroxylation is 3. The molecule has 2 N–H and O–H groups in total. The maximum atomic E-state index is 13.1. The molecule has 0 aliphatic carbocycles. The van der Waals surface area contributed by atoms with Crippen LogP contribution in [-0.2, 0) is 17.8 Å². The van der Waals surface area contributed by atoms with Gasteiger partial charge in [-0.05, 0) is 49.9 Å². The number of amides is 2. The predicted molar refractivity (Wildman–Crippen MR) is 120 cm³/mol. The van der Waals surface area contributed by atoms with Crippen LogP contribution in [0.1, 0.15) is 52.8 Å². The van der Waals surface area contributed by atoms with Crippen molar-refractivity contribution in [3.8, 4) is 0 Å². The van der Waals surface area contributed by atoms with Crippen LogP contribution >= 0.6 is 11.3 Å². The molecular formula is C22H24N4O3S. The minimum Gasteiger partial charge on any atom is -0.325 e. The van der Waals surface area contributed by atoms with Gasteiger partial charge in [-0.3, -0.25) is 19.0 Å². The average Bonchev–Trinajstić information content (AvgIpc) is 2.86. The van der Waals surface area contributed by atoms with Gasteiger partial charge in [-0.15, -0.1) is 11.3 Å². The Kier molecular flexibility index (Phi) is 5.42. The molecule has 0 bridgehead atoms. The minimum absolute atomic E-state index is 0.0563. The highest BCUT2D eigenvalue weighted by Gasteiger charge is 2.23. The molecule has 4 rings (SSSR count). The Bertz CT molecular complexity index is 1230. The summed E-state index contributed by atoms with van der Waals surface area (Å²) in [5.41, 5.74) is 2.60. The topological polar surface area (TPSA) is 93.1 Å². The number of thiophene rings is 1. The normalized spacial score (nSPS) is 13.6. The van der Waals surface area contributed by atoms with E-state index in [0.717, 1.165) is 37.1 Å². The van der Waals surface area contributed by atoms with E-state index < -0.39 is 0 Å². The lowest BCUT2D eigenvalue weighted by atomic mass is 10.1. The van der Waals surface area contributed by atoms with Gasteiger partial charge < -0.3 is 10.6 Å². The van der Waals surface area contributed by atoms with Crippen LogP contribution in [0.4, 0.5) is 11.4 Å². The third-order valence-corrected chi connectivity index (χ3v) is 6.54. The number of benzene rings is 1. The molecule has 3 aromatic rings. The van der Waals surface area contributed by atoms with Crippen molar-refractivity contribution in [3.63, 3.8) is 0 Å². The van der Waals surface area contributed by atoms with E-state index in [-0.39, 0.29) is 17.4 Å². The molecule has 8 heteroatoms. The molecular weight excluding hydrogens is 400 g/mol. The summed E-state index contributed by atoms with van der Waals surface area (Å²) in [6.45, 7) is 5.81. The van der Waals surface area contributed by atoms with Crippen LogP contribution in [0.25, 0.3) is 10.2 Å². The van der Waals surface area contributed by atoms with Crippen LogP contribution in [0.5, 0.6) is 0 Å². The van der Waals surface area contributed by atoms with Crippen LogP contribution in [-0.4, -0.2) is 21.4 Å². The second-order valence-corrected chi connectivity index (χ2v) is 8.72. The van der Waals surface area contributed by atoms with Gasteiger partial charge >= 0.3 is 0 Å². The number of fused-ring (bicyclic) bond motifs is 2. The summed E-state index contributed by atoms with van der Waals surface area (Å²) >= 11 is 1.25. The average molecular weight is 425 g/mol. The van der Waals surface area contributed by atoms with Crippen LogP contribution in [0.15, 0.2) is 23.0 Å². The molecule has 156 valence electrons. The van der Waals surface area contributed by atoms with Gasteiger partial charge in [-0.1, -0.05) is 12.5 Å². The van der Waals surface area contributed by atoms with E-state index in [1.807, 2.05) is 13.0 Å². The third-order valence-electron chi connectivity index (χ3n) is 5.35. The fraction of sp³-hybridized carbons (Fsp3) is 0.364. The smallest absolute Gasteiger partial charge is 0.266 e. The van der Waals surface area contributed by atoms with Crippen LogP contribution in [0, 0.1) is 13.8 Å². The first-order chi connectivity index (χ1) is 14.3. The van der Waals surface area contributed by atoms with Crippen LogP contribution in [0.2, 0.25) is 0 Å². The number of carbonyl (C=O) groups is 2. The highest BCUT2D eigenvalue weighted by molar-refractivity contribution is 7.20. The lowest BCUT2D eigenvalue weighted by Crippen LogP contribution is -2.24. The highest BCUT2D eigenvalue weighted by atomic mass is 32.1. The van der Waals surface area contributed by atoms with Gasteiger partial charge in [0, 0.05) is 19.9 Å². The third kappa shape index (κ3) is 3.75. The van der Waals surface area contributed by atoms with E-state index >= 15 is 0 Å². The zero-order valence-electron chi connectivity index (χ0n) is 17.3. The van der Waals surface area contributed by atoms with Gasteiger partial charge in [0.05, 0.1) is 21.6 Å². The van der Waals surface area contributed by atoms with Crippen LogP contribution < -0.4 is 16.2 Å². The maximum absolute atomic E-state index is 13.1. The van der Waals surface area contributed by atoms with E-state index in [1.165, 1.54) is 18.3 Å². The molecule has 0 saturated carbocycles. The van der Waals surface area contributed by atoms with E-state index in [1.54, 1.807) is 23.6 Å². The number of rotatable bonds is 3. The summed E-state index contributed by atoms with van der Waals surface area (Å²) in [5, 5.41) is 6.16. The van der Waals surface area contributed by atoms with Crippen molar-refractivity contribution in [1.82, 2.24) is 9.55 Å². The van der Waals surface area contributed by atoms with E-state index in [4.69, 9.17) is 4.98 Å². The van der Waals surface area contributed by atoms with Crippen molar-refractivity contribution in [2.75, 3.05) is 10.6 Å². The molecule has 0 unspecified atom stereocenters. The fourth-order valence-electron chi connectivity index (χ4n) is 3.87. The summed E-state index contributed by atoms with van der Waals surface area (Å²) in [4.78, 5) is 43.5. The number of hydrogen-bond acceptors (Lipinski definition) is 5. The number of anilines is 2. The van der Waals surface area contributed by atoms with Gasteiger partial charge in [0.2, 0.25) is 5.91 Å². The predicted octanol–water partition coefficient (Wildman–Crippen LogP) is 4.01. The lowest BCUT2D eigenvalue weighted by molar-refractivity contribution is -0.114. The Hall–Kier alpha value is -3.00. The molecule has 0 radical (unpaired) electrons. The van der Waals surface area contributed by atoms with Crippen molar-refractivity contribution in [2.45, 2.75) is 53.0 Å². The fourth-order valence-corrected chi connectivity index (χ4v) is 4.95. The molecule has 0 fully saturated rings. The van der Waals surface area contributed by atoms with Crippen LogP contribution in [0.3, 0.4) is 0 Å². The van der Waals surface area contributed by atoms with Crippen molar-refractivity contribution in [3.05, 3.63) is 50.4 Å². The second-order valence-electron chi connectivity index (χ2n) is 7.72. The summed E-state index contributed by atoms with van der Waals surface area (Å²) in [6, 6.07) is 5.43. The summed E-state index contributed by atoms with van der Waals surface area (Å²) in [5.74, 6) is 0.281. The largest absolute Gasteiger partial charge is 0.325 e. The first-order valence-corrected chi connectivity index (χ1v) is 10.9. The molecule has 1 aromatic carbocycles. The van der Waals surface area contributed by atoms with Gasteiger partial charge in [0.15, 0.2) is 0 Å². The summed E-state index contributed by atoms with van der Waals surface area (Å²) in [6.07, 6.45) is 3.87. The molecule has 30 heavy (non-hydrogen) atoms.